The molecule has 1 amide bonds. The minimum absolute atomic E-state index is 0.0247. The van der Waals surface area contributed by atoms with E-state index in [4.69, 9.17) is 0 Å². The van der Waals surface area contributed by atoms with Crippen LogP contribution in [0.4, 0.5) is 0 Å². The standard InChI is InChI=1S/C16H15N3O/c1-12-4-6-13(7-5-12)15-8-10-18-19(15)16(20)14-3-2-9-17-11-14/h2-7,9-11,15H,8H2,1H3. The van der Waals surface area contributed by atoms with Crippen LogP contribution in [0.25, 0.3) is 0 Å². The molecule has 0 N–H and O–H groups in total. The number of nitrogens with zero attached hydrogens (tertiary/aromatic N) is 3. The zero-order valence-corrected chi connectivity index (χ0v) is 11.2. The molecule has 20 heavy (non-hydrogen) atoms. The molecule has 0 bridgehead atoms. The molecule has 0 saturated heterocycles. The van der Waals surface area contributed by atoms with Gasteiger partial charge in [0.2, 0.25) is 0 Å². The fraction of sp³-hybridized carbons (Fsp3) is 0.188. The summed E-state index contributed by atoms with van der Waals surface area (Å²) in [6, 6.07) is 11.7. The molecule has 1 atom stereocenters. The number of aromatic nitrogens is 1. The van der Waals surface area contributed by atoms with Crippen molar-refractivity contribution in [2.24, 2.45) is 5.10 Å². The molecule has 100 valence electrons. The van der Waals surface area contributed by atoms with E-state index in [0.29, 0.717) is 5.56 Å². The van der Waals surface area contributed by atoms with Crippen LogP contribution in [0.2, 0.25) is 0 Å². The van der Waals surface area contributed by atoms with Crippen LogP contribution in [0.5, 0.6) is 0 Å². The lowest BCUT2D eigenvalue weighted by atomic mass is 10.0. The molecule has 4 nitrogen and oxygen atoms in total. The van der Waals surface area contributed by atoms with Gasteiger partial charge in [-0.05, 0) is 24.6 Å². The van der Waals surface area contributed by atoms with E-state index in [1.807, 2.05) is 6.92 Å². The van der Waals surface area contributed by atoms with Gasteiger partial charge in [0.1, 0.15) is 0 Å². The summed E-state index contributed by atoms with van der Waals surface area (Å²) in [5.41, 5.74) is 2.87. The Morgan fingerprint density at radius 3 is 2.75 bits per heavy atom. The van der Waals surface area contributed by atoms with Crippen molar-refractivity contribution >= 4 is 12.1 Å². The smallest absolute Gasteiger partial charge is 0.267 e. The molecule has 2 aromatic rings. The predicted molar refractivity (Wildman–Crippen MR) is 77.4 cm³/mol. The summed E-state index contributed by atoms with van der Waals surface area (Å²) in [5, 5.41) is 5.77. The van der Waals surface area contributed by atoms with Gasteiger partial charge in [-0.15, -0.1) is 0 Å². The van der Waals surface area contributed by atoms with Gasteiger partial charge in [-0.2, -0.15) is 5.10 Å². The van der Waals surface area contributed by atoms with Gasteiger partial charge in [0, 0.05) is 25.0 Å². The Morgan fingerprint density at radius 2 is 2.05 bits per heavy atom. The van der Waals surface area contributed by atoms with E-state index in [1.54, 1.807) is 35.7 Å². The topological polar surface area (TPSA) is 45.6 Å². The lowest BCUT2D eigenvalue weighted by molar-refractivity contribution is 0.0711. The molecule has 1 aliphatic heterocycles. The third-order valence-electron chi connectivity index (χ3n) is 3.41. The van der Waals surface area contributed by atoms with Gasteiger partial charge in [0.05, 0.1) is 11.6 Å². The minimum Gasteiger partial charge on any atom is -0.267 e. The first-order valence-corrected chi connectivity index (χ1v) is 6.58. The highest BCUT2D eigenvalue weighted by Gasteiger charge is 2.28. The van der Waals surface area contributed by atoms with Crippen molar-refractivity contribution < 1.29 is 4.79 Å². The molecule has 0 fully saturated rings. The predicted octanol–water partition coefficient (Wildman–Crippen LogP) is 2.96. The molecule has 0 saturated carbocycles. The largest absolute Gasteiger partial charge is 0.276 e. The van der Waals surface area contributed by atoms with Crippen molar-refractivity contribution in [1.82, 2.24) is 9.99 Å². The molecular weight excluding hydrogens is 250 g/mol. The Bertz CT molecular complexity index is 635. The molecule has 0 aliphatic carbocycles. The van der Waals surface area contributed by atoms with Crippen molar-refractivity contribution in [2.45, 2.75) is 19.4 Å². The van der Waals surface area contributed by atoms with Gasteiger partial charge >= 0.3 is 0 Å². The van der Waals surface area contributed by atoms with E-state index in [2.05, 4.69) is 34.4 Å². The van der Waals surface area contributed by atoms with Crippen molar-refractivity contribution in [2.75, 3.05) is 0 Å². The Kier molecular flexibility index (Phi) is 3.29. The SMILES string of the molecule is Cc1ccc(C2CC=NN2C(=O)c2cccnc2)cc1. The fourth-order valence-corrected chi connectivity index (χ4v) is 2.30. The second-order valence-electron chi connectivity index (χ2n) is 4.85. The summed E-state index contributed by atoms with van der Waals surface area (Å²) in [4.78, 5) is 16.5. The summed E-state index contributed by atoms with van der Waals surface area (Å²) < 4.78 is 0. The highest BCUT2D eigenvalue weighted by Crippen LogP contribution is 2.29. The monoisotopic (exact) mass is 265 g/mol. The summed E-state index contributed by atoms with van der Waals surface area (Å²) in [6.45, 7) is 2.05. The number of rotatable bonds is 2. The molecule has 4 heteroatoms. The summed E-state index contributed by atoms with van der Waals surface area (Å²) in [6.07, 6.45) is 5.76. The highest BCUT2D eigenvalue weighted by atomic mass is 16.2. The van der Waals surface area contributed by atoms with Crippen LogP contribution in [0.3, 0.4) is 0 Å². The molecule has 1 aliphatic rings. The van der Waals surface area contributed by atoms with Gasteiger partial charge in [-0.3, -0.25) is 9.78 Å². The molecule has 1 aromatic carbocycles. The van der Waals surface area contributed by atoms with Crippen LogP contribution in [0, 0.1) is 6.92 Å². The van der Waals surface area contributed by atoms with Gasteiger partial charge in [-0.25, -0.2) is 5.01 Å². The van der Waals surface area contributed by atoms with Crippen molar-refractivity contribution in [1.29, 1.82) is 0 Å². The lowest BCUT2D eigenvalue weighted by Gasteiger charge is -2.22. The van der Waals surface area contributed by atoms with Gasteiger partial charge in [0.15, 0.2) is 0 Å². The molecule has 0 spiro atoms. The Hall–Kier alpha value is -2.49. The molecule has 2 heterocycles. The van der Waals surface area contributed by atoms with Crippen molar-refractivity contribution in [3.8, 4) is 0 Å². The first-order chi connectivity index (χ1) is 9.75. The molecule has 3 rings (SSSR count). The number of benzene rings is 1. The summed E-state index contributed by atoms with van der Waals surface area (Å²) in [5.74, 6) is -0.113. The second-order valence-corrected chi connectivity index (χ2v) is 4.85. The highest BCUT2D eigenvalue weighted by molar-refractivity contribution is 5.95. The number of hydrogen-bond acceptors (Lipinski definition) is 3. The van der Waals surface area contributed by atoms with E-state index in [-0.39, 0.29) is 11.9 Å². The minimum atomic E-state index is -0.113. The van der Waals surface area contributed by atoms with Gasteiger partial charge in [0.25, 0.3) is 5.91 Å². The van der Waals surface area contributed by atoms with Crippen LogP contribution in [-0.2, 0) is 0 Å². The maximum Gasteiger partial charge on any atom is 0.276 e. The zero-order valence-electron chi connectivity index (χ0n) is 11.2. The molecule has 0 radical (unpaired) electrons. The first kappa shape index (κ1) is 12.5. The number of aryl methyl sites for hydroxylation is 1. The summed E-state index contributed by atoms with van der Waals surface area (Å²) >= 11 is 0. The average Bonchev–Trinajstić information content (AvgIpc) is 2.97. The first-order valence-electron chi connectivity index (χ1n) is 6.58. The fourth-order valence-electron chi connectivity index (χ4n) is 2.30. The quantitative estimate of drug-likeness (QED) is 0.838. The van der Waals surface area contributed by atoms with E-state index < -0.39 is 0 Å². The maximum atomic E-state index is 12.5. The van der Waals surface area contributed by atoms with Crippen LogP contribution < -0.4 is 0 Å². The maximum absolute atomic E-state index is 12.5. The number of amides is 1. The Labute approximate surface area is 117 Å². The molecule has 1 unspecified atom stereocenters. The van der Waals surface area contributed by atoms with Gasteiger partial charge < -0.3 is 0 Å². The Morgan fingerprint density at radius 1 is 1.25 bits per heavy atom. The van der Waals surface area contributed by atoms with Crippen molar-refractivity contribution in [3.05, 3.63) is 65.5 Å². The number of pyridine rings is 1. The van der Waals surface area contributed by atoms with Crippen LogP contribution in [0.1, 0.15) is 33.9 Å². The van der Waals surface area contributed by atoms with E-state index in [0.717, 1.165) is 12.0 Å². The zero-order chi connectivity index (χ0) is 13.9. The second kappa shape index (κ2) is 5.25. The lowest BCUT2D eigenvalue weighted by Crippen LogP contribution is -2.27. The normalized spacial score (nSPS) is 17.4. The third-order valence-corrected chi connectivity index (χ3v) is 3.41. The average molecular weight is 265 g/mol. The van der Waals surface area contributed by atoms with Crippen LogP contribution in [-0.4, -0.2) is 22.1 Å². The number of carbonyl (C=O) groups excluding carboxylic acids is 1. The van der Waals surface area contributed by atoms with E-state index in [1.165, 1.54) is 5.56 Å². The van der Waals surface area contributed by atoms with Crippen LogP contribution in [0.15, 0.2) is 53.9 Å². The van der Waals surface area contributed by atoms with Crippen molar-refractivity contribution in [3.63, 3.8) is 0 Å². The number of hydrazone groups is 1. The molecule has 1 aromatic heterocycles. The number of carbonyl (C=O) groups is 1. The number of hydrogen-bond donors (Lipinski definition) is 0. The van der Waals surface area contributed by atoms with Crippen LogP contribution >= 0.6 is 0 Å². The Balaban J connectivity index is 1.87. The molecular formula is C16H15N3O. The van der Waals surface area contributed by atoms with E-state index >= 15 is 0 Å². The van der Waals surface area contributed by atoms with Gasteiger partial charge in [-0.1, -0.05) is 29.8 Å². The third kappa shape index (κ3) is 2.32. The summed E-state index contributed by atoms with van der Waals surface area (Å²) in [7, 11) is 0. The van der Waals surface area contributed by atoms with E-state index in [9.17, 15) is 4.79 Å².